The van der Waals surface area contributed by atoms with Crippen molar-refractivity contribution in [3.63, 3.8) is 0 Å². The van der Waals surface area contributed by atoms with Crippen molar-refractivity contribution in [3.05, 3.63) is 109 Å². The predicted molar refractivity (Wildman–Crippen MR) is 248 cm³/mol. The van der Waals surface area contributed by atoms with Crippen LogP contribution in [0, 0.1) is 0 Å². The smallest absolute Gasteiger partial charge is 0.220 e. The summed E-state index contributed by atoms with van der Waals surface area (Å²) in [6.07, 6.45) is 70.3. The Morgan fingerprint density at radius 2 is 0.768 bits per heavy atom. The Hall–Kier alpha value is -2.95. The van der Waals surface area contributed by atoms with Crippen LogP contribution in [-0.4, -0.2) is 34.9 Å². The minimum Gasteiger partial charge on any atom is -0.394 e. The number of amides is 1. The highest BCUT2D eigenvalue weighted by Crippen LogP contribution is 2.15. The van der Waals surface area contributed by atoms with Gasteiger partial charge in [-0.3, -0.25) is 4.79 Å². The second-order valence-electron chi connectivity index (χ2n) is 15.1. The molecule has 0 saturated carbocycles. The summed E-state index contributed by atoms with van der Waals surface area (Å²) in [6, 6.07) is -0.575. The van der Waals surface area contributed by atoms with E-state index in [4.69, 9.17) is 0 Å². The minimum absolute atomic E-state index is 0.0938. The summed E-state index contributed by atoms with van der Waals surface area (Å²) >= 11 is 0. The topological polar surface area (TPSA) is 69.6 Å². The lowest BCUT2D eigenvalue weighted by Crippen LogP contribution is -2.45. The Morgan fingerprint density at radius 1 is 0.446 bits per heavy atom. The van der Waals surface area contributed by atoms with Crippen LogP contribution >= 0.6 is 0 Å². The number of aliphatic hydroxyl groups excluding tert-OH is 2. The summed E-state index contributed by atoms with van der Waals surface area (Å²) in [6.45, 7) is 4.21. The average molecular weight is 774 g/mol. The van der Waals surface area contributed by atoms with Gasteiger partial charge >= 0.3 is 0 Å². The number of hydrogen-bond acceptors (Lipinski definition) is 3. The number of rotatable bonds is 40. The molecule has 0 aromatic carbocycles. The van der Waals surface area contributed by atoms with Crippen molar-refractivity contribution in [1.29, 1.82) is 0 Å². The van der Waals surface area contributed by atoms with Crippen LogP contribution < -0.4 is 5.32 Å². The molecule has 0 aliphatic carbocycles. The molecule has 0 radical (unpaired) electrons. The lowest BCUT2D eigenvalue weighted by atomic mass is 10.0. The third-order valence-corrected chi connectivity index (χ3v) is 9.80. The van der Waals surface area contributed by atoms with Crippen LogP contribution in [0.5, 0.6) is 0 Å². The standard InChI is InChI=1S/C52H87NO3/c1-3-5-7-9-11-13-15-17-19-20-21-22-23-24-25-26-27-28-29-30-31-32-34-36-38-40-42-44-46-48-52(56)53-50(49-54)51(55)47-45-43-41-39-37-35-33-18-16-14-12-10-8-6-4-2/h5,7,11,13,17,19,21-22,24-25,27-28,30-31,34,36,40,42,50-51,54-55H,3-4,6,8-10,12,14-16,18,20,23,26,29,32-33,35,37-39,41,43-49H2,1-2H3,(H,53,56)/b7-5-,13-11-,19-17-,22-21-,25-24-,28-27-,31-30-,36-34-,42-40-. The van der Waals surface area contributed by atoms with Crippen molar-refractivity contribution in [2.75, 3.05) is 6.61 Å². The normalized spacial score (nSPS) is 14.0. The molecule has 56 heavy (non-hydrogen) atoms. The van der Waals surface area contributed by atoms with Crippen molar-refractivity contribution in [2.24, 2.45) is 0 Å². The number of aliphatic hydroxyl groups is 2. The molecule has 0 aliphatic rings. The molecule has 2 unspecified atom stereocenters. The second-order valence-corrected chi connectivity index (χ2v) is 15.1. The fourth-order valence-corrected chi connectivity index (χ4v) is 6.30. The zero-order chi connectivity index (χ0) is 40.7. The Labute approximate surface area is 346 Å². The third kappa shape index (κ3) is 42.2. The van der Waals surface area contributed by atoms with Gasteiger partial charge in [0.1, 0.15) is 0 Å². The number of unbranched alkanes of at least 4 members (excludes halogenated alkanes) is 15. The summed E-state index contributed by atoms with van der Waals surface area (Å²) in [7, 11) is 0. The molecule has 3 N–H and O–H groups in total. The Balaban J connectivity index is 3.73. The number of carbonyl (C=O) groups excluding carboxylic acids is 1. The van der Waals surface area contributed by atoms with Gasteiger partial charge in [-0.05, 0) is 77.0 Å². The molecular formula is C52H87NO3. The molecule has 0 saturated heterocycles. The highest BCUT2D eigenvalue weighted by molar-refractivity contribution is 5.76. The van der Waals surface area contributed by atoms with Gasteiger partial charge in [-0.15, -0.1) is 0 Å². The van der Waals surface area contributed by atoms with Gasteiger partial charge in [0.2, 0.25) is 5.91 Å². The van der Waals surface area contributed by atoms with Gasteiger partial charge in [-0.25, -0.2) is 0 Å². The Morgan fingerprint density at radius 3 is 1.11 bits per heavy atom. The molecule has 0 spiro atoms. The number of carbonyl (C=O) groups is 1. The summed E-state index contributed by atoms with van der Waals surface area (Å²) in [5, 5.41) is 23.1. The van der Waals surface area contributed by atoms with Gasteiger partial charge < -0.3 is 15.5 Å². The molecular weight excluding hydrogens is 687 g/mol. The predicted octanol–water partition coefficient (Wildman–Crippen LogP) is 14.8. The van der Waals surface area contributed by atoms with E-state index in [2.05, 4.69) is 129 Å². The van der Waals surface area contributed by atoms with E-state index in [-0.39, 0.29) is 12.5 Å². The van der Waals surface area contributed by atoms with Gasteiger partial charge in [0.25, 0.3) is 0 Å². The summed E-state index contributed by atoms with van der Waals surface area (Å²) in [5.74, 6) is -0.0938. The highest BCUT2D eigenvalue weighted by Gasteiger charge is 2.19. The van der Waals surface area contributed by atoms with E-state index in [0.29, 0.717) is 12.8 Å². The van der Waals surface area contributed by atoms with Crippen LogP contribution in [0.2, 0.25) is 0 Å². The van der Waals surface area contributed by atoms with Crippen molar-refractivity contribution in [3.8, 4) is 0 Å². The van der Waals surface area contributed by atoms with E-state index in [9.17, 15) is 15.0 Å². The van der Waals surface area contributed by atoms with Crippen LogP contribution in [-0.2, 0) is 4.79 Å². The van der Waals surface area contributed by atoms with Crippen molar-refractivity contribution >= 4 is 5.91 Å². The maximum atomic E-state index is 12.4. The fraction of sp³-hybridized carbons (Fsp3) is 0.635. The maximum Gasteiger partial charge on any atom is 0.220 e. The van der Waals surface area contributed by atoms with E-state index < -0.39 is 12.1 Å². The third-order valence-electron chi connectivity index (χ3n) is 9.80. The summed E-state index contributed by atoms with van der Waals surface area (Å²) < 4.78 is 0. The molecule has 1 amide bonds. The first-order chi connectivity index (χ1) is 27.7. The molecule has 2 atom stereocenters. The van der Waals surface area contributed by atoms with Gasteiger partial charge in [-0.2, -0.15) is 0 Å². The lowest BCUT2D eigenvalue weighted by Gasteiger charge is -2.22. The van der Waals surface area contributed by atoms with Crippen molar-refractivity contribution < 1.29 is 15.0 Å². The van der Waals surface area contributed by atoms with Crippen LogP contribution in [0.4, 0.5) is 0 Å². The minimum atomic E-state index is -0.691. The fourth-order valence-electron chi connectivity index (χ4n) is 6.30. The van der Waals surface area contributed by atoms with Crippen LogP contribution in [0.3, 0.4) is 0 Å². The lowest BCUT2D eigenvalue weighted by molar-refractivity contribution is -0.123. The highest BCUT2D eigenvalue weighted by atomic mass is 16.3. The van der Waals surface area contributed by atoms with Gasteiger partial charge in [0, 0.05) is 6.42 Å². The first kappa shape index (κ1) is 53.0. The van der Waals surface area contributed by atoms with E-state index >= 15 is 0 Å². The molecule has 4 nitrogen and oxygen atoms in total. The van der Waals surface area contributed by atoms with Crippen molar-refractivity contribution in [2.45, 2.75) is 206 Å². The SMILES string of the molecule is CC/C=C\C/C=C\C/C=C\C/C=C\C/C=C\C/C=C\C/C=C\C/C=C\C/C=C\CCCC(=O)NC(CO)C(O)CCCCCCCCCCCCCCCCC. The zero-order valence-corrected chi connectivity index (χ0v) is 36.4. The van der Waals surface area contributed by atoms with Crippen LogP contribution in [0.15, 0.2) is 109 Å². The summed E-state index contributed by atoms with van der Waals surface area (Å²) in [5.41, 5.74) is 0. The molecule has 4 heteroatoms. The second kappa shape index (κ2) is 46.4. The van der Waals surface area contributed by atoms with Gasteiger partial charge in [0.15, 0.2) is 0 Å². The van der Waals surface area contributed by atoms with Gasteiger partial charge in [0.05, 0.1) is 18.8 Å². The molecule has 0 bridgehead atoms. The van der Waals surface area contributed by atoms with Crippen LogP contribution in [0.25, 0.3) is 0 Å². The average Bonchev–Trinajstić information content (AvgIpc) is 3.20. The monoisotopic (exact) mass is 774 g/mol. The first-order valence-electron chi connectivity index (χ1n) is 23.1. The van der Waals surface area contributed by atoms with Crippen LogP contribution in [0.1, 0.15) is 194 Å². The molecule has 0 aliphatic heterocycles. The molecule has 0 aromatic rings. The van der Waals surface area contributed by atoms with E-state index in [1.807, 2.05) is 0 Å². The number of nitrogens with one attached hydrogen (secondary N) is 1. The Kier molecular flexibility index (Phi) is 44.0. The number of allylic oxidation sites excluding steroid dienone is 18. The van der Waals surface area contributed by atoms with Gasteiger partial charge in [-0.1, -0.05) is 220 Å². The molecule has 0 fully saturated rings. The summed E-state index contributed by atoms with van der Waals surface area (Å²) in [4.78, 5) is 12.4. The molecule has 318 valence electrons. The number of hydrogen-bond donors (Lipinski definition) is 3. The molecule has 0 rings (SSSR count). The van der Waals surface area contributed by atoms with E-state index in [0.717, 1.165) is 83.5 Å². The maximum absolute atomic E-state index is 12.4. The quantitative estimate of drug-likeness (QED) is 0.0429. The molecule has 0 aromatic heterocycles. The Bertz CT molecular complexity index is 1110. The largest absolute Gasteiger partial charge is 0.394 e. The zero-order valence-electron chi connectivity index (χ0n) is 36.4. The first-order valence-corrected chi connectivity index (χ1v) is 23.1. The van der Waals surface area contributed by atoms with E-state index in [1.165, 1.54) is 83.5 Å². The molecule has 0 heterocycles. The van der Waals surface area contributed by atoms with E-state index in [1.54, 1.807) is 0 Å². The van der Waals surface area contributed by atoms with Crippen molar-refractivity contribution in [1.82, 2.24) is 5.32 Å².